The Morgan fingerprint density at radius 2 is 2.00 bits per heavy atom. The van der Waals surface area contributed by atoms with Gasteiger partial charge in [-0.05, 0) is 39.3 Å². The molecule has 0 aliphatic carbocycles. The Bertz CT molecular complexity index is 452. The molecule has 1 aromatic rings. The van der Waals surface area contributed by atoms with Crippen molar-refractivity contribution in [1.82, 2.24) is 4.98 Å². The Labute approximate surface area is 113 Å². The van der Waals surface area contributed by atoms with Gasteiger partial charge in [-0.15, -0.1) is 0 Å². The number of aliphatic hydroxyl groups is 1. The molecule has 1 rings (SSSR count). The fourth-order valence-corrected chi connectivity index (χ4v) is 1.86. The maximum Gasteiger partial charge on any atom is 0.335 e. The minimum atomic E-state index is -0.960. The van der Waals surface area contributed by atoms with Gasteiger partial charge in [0.1, 0.15) is 5.82 Å². The van der Waals surface area contributed by atoms with Crippen LogP contribution in [0, 0.1) is 0 Å². The molecule has 2 N–H and O–H groups in total. The summed E-state index contributed by atoms with van der Waals surface area (Å²) in [4.78, 5) is 17.4. The van der Waals surface area contributed by atoms with Crippen molar-refractivity contribution < 1.29 is 15.0 Å². The number of pyridine rings is 1. The van der Waals surface area contributed by atoms with E-state index in [2.05, 4.69) is 4.98 Å². The topological polar surface area (TPSA) is 73.7 Å². The fraction of sp³-hybridized carbons (Fsp3) is 0.571. The lowest BCUT2D eigenvalue weighted by Crippen LogP contribution is -2.39. The van der Waals surface area contributed by atoms with Gasteiger partial charge in [-0.1, -0.05) is 6.92 Å². The third-order valence-electron chi connectivity index (χ3n) is 2.76. The molecule has 0 radical (unpaired) electrons. The van der Waals surface area contributed by atoms with Gasteiger partial charge in [0.25, 0.3) is 0 Å². The van der Waals surface area contributed by atoms with Crippen LogP contribution in [0.3, 0.4) is 0 Å². The molecule has 0 unspecified atom stereocenters. The zero-order chi connectivity index (χ0) is 14.6. The fourth-order valence-electron chi connectivity index (χ4n) is 1.86. The highest BCUT2D eigenvalue weighted by atomic mass is 16.4. The van der Waals surface area contributed by atoms with E-state index in [1.165, 1.54) is 0 Å². The van der Waals surface area contributed by atoms with E-state index in [0.717, 1.165) is 5.69 Å². The third-order valence-corrected chi connectivity index (χ3v) is 2.76. The van der Waals surface area contributed by atoms with Crippen LogP contribution in [0.1, 0.15) is 43.7 Å². The van der Waals surface area contributed by atoms with E-state index in [-0.39, 0.29) is 5.56 Å². The summed E-state index contributed by atoms with van der Waals surface area (Å²) >= 11 is 0. The second-order valence-corrected chi connectivity index (χ2v) is 5.19. The van der Waals surface area contributed by atoms with Crippen LogP contribution >= 0.6 is 0 Å². The van der Waals surface area contributed by atoms with Gasteiger partial charge in [-0.25, -0.2) is 9.78 Å². The molecule has 5 nitrogen and oxygen atoms in total. The zero-order valence-electron chi connectivity index (χ0n) is 12.0. The zero-order valence-corrected chi connectivity index (χ0v) is 12.0. The first-order valence-electron chi connectivity index (χ1n) is 6.48. The Morgan fingerprint density at radius 1 is 1.37 bits per heavy atom. The van der Waals surface area contributed by atoms with E-state index in [9.17, 15) is 9.90 Å². The monoisotopic (exact) mass is 266 g/mol. The molecule has 0 aromatic carbocycles. The Morgan fingerprint density at radius 3 is 2.42 bits per heavy atom. The van der Waals surface area contributed by atoms with Crippen molar-refractivity contribution >= 4 is 11.8 Å². The molecule has 1 heterocycles. The van der Waals surface area contributed by atoms with E-state index >= 15 is 0 Å². The van der Waals surface area contributed by atoms with Crippen molar-refractivity contribution in [3.8, 4) is 0 Å². The standard InChI is InChI=1S/C14H22N2O3/c1-5-11-7-10(13(17)18)8-12(15-11)16(6-2)9-14(3,4)19/h7-8,19H,5-6,9H2,1-4H3,(H,17,18). The molecule has 106 valence electrons. The van der Waals surface area contributed by atoms with Gasteiger partial charge in [-0.2, -0.15) is 0 Å². The maximum absolute atomic E-state index is 11.1. The molecule has 0 aliphatic rings. The van der Waals surface area contributed by atoms with Crippen LogP contribution in [-0.4, -0.2) is 39.9 Å². The lowest BCUT2D eigenvalue weighted by Gasteiger charge is -2.29. The number of aromatic nitrogens is 1. The second-order valence-electron chi connectivity index (χ2n) is 5.19. The average Bonchev–Trinajstić information content (AvgIpc) is 2.34. The lowest BCUT2D eigenvalue weighted by molar-refractivity contribution is 0.0696. The van der Waals surface area contributed by atoms with E-state index in [0.29, 0.717) is 25.3 Å². The van der Waals surface area contributed by atoms with Crippen molar-refractivity contribution in [2.75, 3.05) is 18.0 Å². The molecule has 5 heteroatoms. The molecule has 0 saturated carbocycles. The number of hydrogen-bond donors (Lipinski definition) is 2. The first-order chi connectivity index (χ1) is 8.76. The lowest BCUT2D eigenvalue weighted by atomic mass is 10.1. The highest BCUT2D eigenvalue weighted by molar-refractivity contribution is 5.88. The Hall–Kier alpha value is -1.62. The number of aromatic carboxylic acids is 1. The largest absolute Gasteiger partial charge is 0.478 e. The van der Waals surface area contributed by atoms with E-state index in [1.807, 2.05) is 18.7 Å². The molecule has 0 amide bonds. The number of likely N-dealkylation sites (N-methyl/N-ethyl adjacent to an activating group) is 1. The molecule has 19 heavy (non-hydrogen) atoms. The van der Waals surface area contributed by atoms with Gasteiger partial charge in [0, 0.05) is 18.8 Å². The summed E-state index contributed by atoms with van der Waals surface area (Å²) in [6.45, 7) is 8.39. The summed E-state index contributed by atoms with van der Waals surface area (Å²) in [5.74, 6) is -0.362. The van der Waals surface area contributed by atoms with E-state index < -0.39 is 11.6 Å². The first-order valence-corrected chi connectivity index (χ1v) is 6.48. The number of hydrogen-bond acceptors (Lipinski definition) is 4. The number of anilines is 1. The molecule has 1 aromatic heterocycles. The maximum atomic E-state index is 11.1. The van der Waals surface area contributed by atoms with Crippen molar-refractivity contribution in [2.24, 2.45) is 0 Å². The summed E-state index contributed by atoms with van der Waals surface area (Å²) in [5.41, 5.74) is 0.115. The molecule has 0 atom stereocenters. The number of carbonyl (C=O) groups is 1. The number of rotatable bonds is 6. The van der Waals surface area contributed by atoms with Gasteiger partial charge in [0.15, 0.2) is 0 Å². The molecule has 0 aliphatic heterocycles. The van der Waals surface area contributed by atoms with Crippen LogP contribution in [0.5, 0.6) is 0 Å². The van der Waals surface area contributed by atoms with E-state index in [1.54, 1.807) is 26.0 Å². The number of aryl methyl sites for hydroxylation is 1. The summed E-state index contributed by atoms with van der Waals surface area (Å²) in [6, 6.07) is 3.14. The molecular weight excluding hydrogens is 244 g/mol. The normalized spacial score (nSPS) is 11.4. The van der Waals surface area contributed by atoms with Crippen molar-refractivity contribution in [3.05, 3.63) is 23.4 Å². The minimum absolute atomic E-state index is 0.232. The Balaban J connectivity index is 3.15. The van der Waals surface area contributed by atoms with Crippen molar-refractivity contribution in [3.63, 3.8) is 0 Å². The van der Waals surface area contributed by atoms with Gasteiger partial charge in [0.05, 0.1) is 11.2 Å². The van der Waals surface area contributed by atoms with Crippen LogP contribution in [0.2, 0.25) is 0 Å². The van der Waals surface area contributed by atoms with Crippen LogP contribution in [-0.2, 0) is 6.42 Å². The van der Waals surface area contributed by atoms with Gasteiger partial charge in [-0.3, -0.25) is 0 Å². The summed E-state index contributed by atoms with van der Waals surface area (Å²) < 4.78 is 0. The van der Waals surface area contributed by atoms with Crippen LogP contribution in [0.25, 0.3) is 0 Å². The summed E-state index contributed by atoms with van der Waals surface area (Å²) in [5, 5.41) is 19.0. The molecule has 0 fully saturated rings. The highest BCUT2D eigenvalue weighted by Crippen LogP contribution is 2.18. The first kappa shape index (κ1) is 15.4. The van der Waals surface area contributed by atoms with Crippen LogP contribution in [0.4, 0.5) is 5.82 Å². The third kappa shape index (κ3) is 4.52. The summed E-state index contributed by atoms with van der Waals surface area (Å²) in [6.07, 6.45) is 0.675. The van der Waals surface area contributed by atoms with Gasteiger partial charge < -0.3 is 15.1 Å². The number of carboxylic acid groups (broad SMARTS) is 1. The van der Waals surface area contributed by atoms with Crippen LogP contribution < -0.4 is 4.90 Å². The highest BCUT2D eigenvalue weighted by Gasteiger charge is 2.19. The van der Waals surface area contributed by atoms with E-state index in [4.69, 9.17) is 5.11 Å². The number of carboxylic acids is 1. The quantitative estimate of drug-likeness (QED) is 0.823. The molecular formula is C14H22N2O3. The van der Waals surface area contributed by atoms with Gasteiger partial charge in [0.2, 0.25) is 0 Å². The molecule has 0 saturated heterocycles. The Kier molecular flexibility index (Phi) is 4.89. The predicted octanol–water partition coefficient (Wildman–Crippen LogP) is 1.94. The minimum Gasteiger partial charge on any atom is -0.478 e. The average molecular weight is 266 g/mol. The number of nitrogens with zero attached hydrogens (tertiary/aromatic N) is 2. The smallest absolute Gasteiger partial charge is 0.335 e. The SMILES string of the molecule is CCc1cc(C(=O)O)cc(N(CC)CC(C)(C)O)n1. The van der Waals surface area contributed by atoms with Crippen LogP contribution in [0.15, 0.2) is 12.1 Å². The molecule has 0 bridgehead atoms. The van der Waals surface area contributed by atoms with Crippen molar-refractivity contribution in [2.45, 2.75) is 39.7 Å². The van der Waals surface area contributed by atoms with Gasteiger partial charge >= 0.3 is 5.97 Å². The predicted molar refractivity (Wildman–Crippen MR) is 74.8 cm³/mol. The second kappa shape index (κ2) is 6.02. The van der Waals surface area contributed by atoms with Crippen molar-refractivity contribution in [1.29, 1.82) is 0 Å². The summed E-state index contributed by atoms with van der Waals surface area (Å²) in [7, 11) is 0. The molecule has 0 spiro atoms.